The standard InChI is InChI=1S/C33H34ClN5O/c34-28-15-13-27(14-16-28)33(26-8-3-1-4-9-26)38-21-19-37(20-22-38)18-17-35-25-29-24-31(32-12-7-23-40-32)39(36-29)30-10-5-2-6-11-30/h1-16,23-24,33,35H,17-22,25H2. The molecule has 0 amide bonds. The van der Waals surface area contributed by atoms with E-state index < -0.39 is 0 Å². The molecule has 7 heteroatoms. The molecule has 1 atom stereocenters. The molecule has 0 spiro atoms. The van der Waals surface area contributed by atoms with Crippen molar-refractivity contribution in [1.29, 1.82) is 0 Å². The van der Waals surface area contributed by atoms with E-state index in [1.54, 1.807) is 6.26 Å². The van der Waals surface area contributed by atoms with E-state index in [2.05, 4.69) is 75.8 Å². The number of nitrogens with one attached hydrogen (secondary N) is 1. The Bertz CT molecular complexity index is 1460. The predicted molar refractivity (Wildman–Crippen MR) is 161 cm³/mol. The van der Waals surface area contributed by atoms with Crippen molar-refractivity contribution < 1.29 is 4.42 Å². The van der Waals surface area contributed by atoms with Gasteiger partial charge < -0.3 is 9.73 Å². The van der Waals surface area contributed by atoms with E-state index >= 15 is 0 Å². The van der Waals surface area contributed by atoms with Crippen LogP contribution in [0.4, 0.5) is 0 Å². The lowest BCUT2D eigenvalue weighted by atomic mass is 9.96. The van der Waals surface area contributed by atoms with Gasteiger partial charge in [-0.25, -0.2) is 4.68 Å². The third kappa shape index (κ3) is 6.21. The van der Waals surface area contributed by atoms with Gasteiger partial charge in [0.05, 0.1) is 23.7 Å². The highest BCUT2D eigenvalue weighted by Gasteiger charge is 2.26. The minimum atomic E-state index is 0.238. The van der Waals surface area contributed by atoms with E-state index in [4.69, 9.17) is 21.1 Å². The minimum absolute atomic E-state index is 0.238. The number of piperazine rings is 1. The molecular weight excluding hydrogens is 518 g/mol. The molecule has 0 saturated carbocycles. The third-order valence-corrected chi connectivity index (χ3v) is 7.77. The van der Waals surface area contributed by atoms with Gasteiger partial charge in [-0.05, 0) is 53.6 Å². The van der Waals surface area contributed by atoms with Crippen LogP contribution in [0.1, 0.15) is 22.9 Å². The maximum absolute atomic E-state index is 6.19. The van der Waals surface area contributed by atoms with Gasteiger partial charge in [0.2, 0.25) is 0 Å². The number of nitrogens with zero attached hydrogens (tertiary/aromatic N) is 4. The second kappa shape index (κ2) is 12.7. The Kier molecular flexibility index (Phi) is 8.40. The van der Waals surface area contributed by atoms with Crippen LogP contribution in [-0.2, 0) is 6.54 Å². The Morgan fingerprint density at radius 3 is 2.20 bits per heavy atom. The van der Waals surface area contributed by atoms with Crippen molar-refractivity contribution in [3.8, 4) is 17.1 Å². The SMILES string of the molecule is Clc1ccc(C(c2ccccc2)N2CCN(CCNCc3cc(-c4ccco4)n(-c4ccccc4)n3)CC2)cc1. The topological polar surface area (TPSA) is 49.5 Å². The van der Waals surface area contributed by atoms with Crippen LogP contribution in [0, 0.1) is 0 Å². The van der Waals surface area contributed by atoms with Gasteiger partial charge in [-0.3, -0.25) is 9.80 Å². The summed E-state index contributed by atoms with van der Waals surface area (Å²) >= 11 is 6.19. The van der Waals surface area contributed by atoms with Crippen molar-refractivity contribution in [2.24, 2.45) is 0 Å². The largest absolute Gasteiger partial charge is 0.463 e. The molecule has 1 aliphatic heterocycles. The minimum Gasteiger partial charge on any atom is -0.463 e. The summed E-state index contributed by atoms with van der Waals surface area (Å²) in [5.74, 6) is 0.813. The number of aromatic nitrogens is 2. The first kappa shape index (κ1) is 26.5. The molecule has 3 aromatic carbocycles. The summed E-state index contributed by atoms with van der Waals surface area (Å²) in [5.41, 5.74) is 5.58. The Hall–Kier alpha value is -3.68. The Morgan fingerprint density at radius 1 is 0.800 bits per heavy atom. The van der Waals surface area contributed by atoms with Gasteiger partial charge in [0.1, 0.15) is 5.69 Å². The average molecular weight is 552 g/mol. The number of halogens is 1. The normalized spacial score (nSPS) is 15.3. The summed E-state index contributed by atoms with van der Waals surface area (Å²) < 4.78 is 7.65. The van der Waals surface area contributed by atoms with Crippen LogP contribution >= 0.6 is 11.6 Å². The molecule has 1 saturated heterocycles. The van der Waals surface area contributed by atoms with Gasteiger partial charge in [0.25, 0.3) is 0 Å². The molecule has 6 nitrogen and oxygen atoms in total. The average Bonchev–Trinajstić information content (AvgIpc) is 3.69. The molecule has 1 N–H and O–H groups in total. The zero-order valence-corrected chi connectivity index (χ0v) is 23.3. The molecule has 3 heterocycles. The molecule has 1 fully saturated rings. The highest BCUT2D eigenvalue weighted by atomic mass is 35.5. The van der Waals surface area contributed by atoms with Gasteiger partial charge in [0.15, 0.2) is 5.76 Å². The quantitative estimate of drug-likeness (QED) is 0.207. The molecule has 2 aromatic heterocycles. The van der Waals surface area contributed by atoms with E-state index in [1.807, 2.05) is 47.1 Å². The third-order valence-electron chi connectivity index (χ3n) is 7.52. The number of para-hydroxylation sites is 1. The van der Waals surface area contributed by atoms with E-state index in [0.717, 1.165) is 67.1 Å². The van der Waals surface area contributed by atoms with Crippen LogP contribution in [0.25, 0.3) is 17.1 Å². The fourth-order valence-electron chi connectivity index (χ4n) is 5.48. The van der Waals surface area contributed by atoms with E-state index in [1.165, 1.54) is 11.1 Å². The summed E-state index contributed by atoms with van der Waals surface area (Å²) in [6.07, 6.45) is 1.70. The highest BCUT2D eigenvalue weighted by Crippen LogP contribution is 2.30. The maximum Gasteiger partial charge on any atom is 0.152 e. The smallest absolute Gasteiger partial charge is 0.152 e. The van der Waals surface area contributed by atoms with Crippen LogP contribution in [0.15, 0.2) is 114 Å². The van der Waals surface area contributed by atoms with Crippen molar-refractivity contribution in [2.75, 3.05) is 39.3 Å². The Morgan fingerprint density at radius 2 is 1.50 bits per heavy atom. The summed E-state index contributed by atoms with van der Waals surface area (Å²) in [7, 11) is 0. The predicted octanol–water partition coefficient (Wildman–Crippen LogP) is 6.28. The zero-order chi connectivity index (χ0) is 27.1. The number of benzene rings is 3. The second-order valence-corrected chi connectivity index (χ2v) is 10.6. The van der Waals surface area contributed by atoms with Crippen molar-refractivity contribution >= 4 is 11.6 Å². The van der Waals surface area contributed by atoms with E-state index in [-0.39, 0.29) is 6.04 Å². The molecule has 6 rings (SSSR count). The van der Waals surface area contributed by atoms with Crippen molar-refractivity contribution in [2.45, 2.75) is 12.6 Å². The summed E-state index contributed by atoms with van der Waals surface area (Å²) in [5, 5.41) is 9.26. The molecule has 0 aliphatic carbocycles. The summed E-state index contributed by atoms with van der Waals surface area (Å²) in [6, 6.07) is 35.5. The monoisotopic (exact) mass is 551 g/mol. The van der Waals surface area contributed by atoms with Crippen LogP contribution in [0.2, 0.25) is 5.02 Å². The van der Waals surface area contributed by atoms with E-state index in [0.29, 0.717) is 6.54 Å². The highest BCUT2D eigenvalue weighted by molar-refractivity contribution is 6.30. The second-order valence-electron chi connectivity index (χ2n) is 10.2. The summed E-state index contributed by atoms with van der Waals surface area (Å²) in [4.78, 5) is 5.14. The fourth-order valence-corrected chi connectivity index (χ4v) is 5.60. The van der Waals surface area contributed by atoms with Crippen LogP contribution in [0.5, 0.6) is 0 Å². The van der Waals surface area contributed by atoms with Gasteiger partial charge in [-0.1, -0.05) is 72.3 Å². The van der Waals surface area contributed by atoms with Crippen LogP contribution in [0.3, 0.4) is 0 Å². The van der Waals surface area contributed by atoms with Gasteiger partial charge >= 0.3 is 0 Å². The Labute approximate surface area is 240 Å². The first-order chi connectivity index (χ1) is 19.7. The van der Waals surface area contributed by atoms with Gasteiger partial charge in [-0.2, -0.15) is 5.10 Å². The molecule has 204 valence electrons. The first-order valence-electron chi connectivity index (χ1n) is 13.9. The number of rotatable bonds is 10. The Balaban J connectivity index is 1.04. The first-order valence-corrected chi connectivity index (χ1v) is 14.3. The molecule has 40 heavy (non-hydrogen) atoms. The summed E-state index contributed by atoms with van der Waals surface area (Å²) in [6.45, 7) is 6.77. The molecule has 0 radical (unpaired) electrons. The van der Waals surface area contributed by atoms with Crippen LogP contribution < -0.4 is 5.32 Å². The molecular formula is C33H34ClN5O. The van der Waals surface area contributed by atoms with Gasteiger partial charge in [-0.15, -0.1) is 0 Å². The van der Waals surface area contributed by atoms with Crippen molar-refractivity contribution in [3.63, 3.8) is 0 Å². The maximum atomic E-state index is 6.19. The number of hydrogen-bond donors (Lipinski definition) is 1. The molecule has 5 aromatic rings. The number of hydrogen-bond acceptors (Lipinski definition) is 5. The lowest BCUT2D eigenvalue weighted by Gasteiger charge is -2.39. The van der Waals surface area contributed by atoms with Crippen molar-refractivity contribution in [1.82, 2.24) is 24.9 Å². The molecule has 1 unspecified atom stereocenters. The van der Waals surface area contributed by atoms with Crippen LogP contribution in [-0.4, -0.2) is 58.8 Å². The molecule has 0 bridgehead atoms. The zero-order valence-electron chi connectivity index (χ0n) is 22.5. The fraction of sp³-hybridized carbons (Fsp3) is 0.242. The molecule has 1 aliphatic rings. The number of furan rings is 1. The lowest BCUT2D eigenvalue weighted by Crippen LogP contribution is -2.49. The van der Waals surface area contributed by atoms with Gasteiger partial charge in [0, 0.05) is 50.8 Å². The lowest BCUT2D eigenvalue weighted by molar-refractivity contribution is 0.110. The van der Waals surface area contributed by atoms with Crippen molar-refractivity contribution in [3.05, 3.63) is 131 Å². The van der Waals surface area contributed by atoms with E-state index in [9.17, 15) is 0 Å².